The fourth-order valence-electron chi connectivity index (χ4n) is 3.05. The highest BCUT2D eigenvalue weighted by atomic mass is 32.2. The summed E-state index contributed by atoms with van der Waals surface area (Å²) in [6.45, 7) is 3.71. The smallest absolute Gasteiger partial charge is 0.465 e. The molecule has 0 fully saturated rings. The first-order valence-corrected chi connectivity index (χ1v) is 11.1. The van der Waals surface area contributed by atoms with Crippen molar-refractivity contribution < 1.29 is 37.0 Å². The molecule has 0 aromatic heterocycles. The molecule has 1 heterocycles. The van der Waals surface area contributed by atoms with Crippen molar-refractivity contribution in [2.75, 3.05) is 17.7 Å². The minimum absolute atomic E-state index is 0.00490. The van der Waals surface area contributed by atoms with Crippen molar-refractivity contribution in [3.8, 4) is 0 Å². The predicted octanol–water partition coefficient (Wildman–Crippen LogP) is 0.716. The number of amides is 1. The molecule has 0 radical (unpaired) electrons. The maximum absolute atomic E-state index is 12.5. The Morgan fingerprint density at radius 2 is 2.10 bits per heavy atom. The van der Waals surface area contributed by atoms with Crippen molar-refractivity contribution in [2.24, 2.45) is 11.8 Å². The lowest BCUT2D eigenvalue weighted by atomic mass is 9.79. The first kappa shape index (κ1) is 23.3. The highest BCUT2D eigenvalue weighted by Gasteiger charge is 2.28. The fourth-order valence-corrected chi connectivity index (χ4v) is 3.54. The Balaban J connectivity index is 1.85. The van der Waals surface area contributed by atoms with Crippen LogP contribution >= 0.6 is 0 Å². The van der Waals surface area contributed by atoms with E-state index < -0.39 is 40.8 Å². The minimum Gasteiger partial charge on any atom is -0.465 e. The summed E-state index contributed by atoms with van der Waals surface area (Å²) in [5.41, 5.74) is 2.02. The molecule has 2 unspecified atom stereocenters. The number of hydrogen-bond acceptors (Lipinski definition) is 7. The molecule has 1 aromatic carbocycles. The van der Waals surface area contributed by atoms with E-state index in [0.29, 0.717) is 24.2 Å². The lowest BCUT2D eigenvalue weighted by Crippen LogP contribution is -2.30. The van der Waals surface area contributed by atoms with Crippen LogP contribution in [0.5, 0.6) is 0 Å². The van der Waals surface area contributed by atoms with E-state index in [0.717, 1.165) is 5.56 Å². The van der Waals surface area contributed by atoms with Gasteiger partial charge < -0.3 is 19.7 Å². The molecule has 0 aliphatic carbocycles. The maximum atomic E-state index is 12.5. The molecule has 160 valence electrons. The van der Waals surface area contributed by atoms with Crippen LogP contribution in [0.3, 0.4) is 0 Å². The van der Waals surface area contributed by atoms with Gasteiger partial charge in [-0.15, -0.1) is 0 Å². The van der Waals surface area contributed by atoms with E-state index in [9.17, 15) is 23.0 Å². The van der Waals surface area contributed by atoms with E-state index in [1.54, 1.807) is 32.0 Å². The van der Waals surface area contributed by atoms with E-state index >= 15 is 0 Å². The Hall–Kier alpha value is -1.95. The van der Waals surface area contributed by atoms with E-state index in [1.807, 2.05) is 0 Å². The summed E-state index contributed by atoms with van der Waals surface area (Å²) in [7, 11) is -5.08. The first-order chi connectivity index (χ1) is 13.6. The van der Waals surface area contributed by atoms with Crippen LogP contribution in [0.2, 0.25) is 0 Å². The van der Waals surface area contributed by atoms with E-state index in [1.165, 1.54) is 0 Å². The van der Waals surface area contributed by atoms with Gasteiger partial charge in [0.25, 0.3) is 10.1 Å². The average molecular weight is 427 g/mol. The summed E-state index contributed by atoms with van der Waals surface area (Å²) < 4.78 is 40.2. The fraction of sp³-hybridized carbons (Fsp3) is 0.556. The number of esters is 1. The zero-order valence-electron chi connectivity index (χ0n) is 16.5. The summed E-state index contributed by atoms with van der Waals surface area (Å²) in [4.78, 5) is 24.7. The number of hydrogen-bond donors (Lipinski definition) is 3. The summed E-state index contributed by atoms with van der Waals surface area (Å²) in [5.74, 6) is -2.22. The third-order valence-electron chi connectivity index (χ3n) is 4.78. The van der Waals surface area contributed by atoms with Crippen molar-refractivity contribution in [3.05, 3.63) is 23.8 Å². The van der Waals surface area contributed by atoms with Gasteiger partial charge in [0.1, 0.15) is 0 Å². The number of rotatable bonds is 10. The van der Waals surface area contributed by atoms with Gasteiger partial charge in [-0.25, -0.2) is 0 Å². The maximum Gasteiger partial charge on any atom is 0.491 e. The molecule has 0 saturated carbocycles. The zero-order chi connectivity index (χ0) is 21.6. The van der Waals surface area contributed by atoms with Gasteiger partial charge in [-0.1, -0.05) is 19.9 Å². The second-order valence-electron chi connectivity index (χ2n) is 7.12. The molecule has 11 heteroatoms. The largest absolute Gasteiger partial charge is 0.491 e. The van der Waals surface area contributed by atoms with Gasteiger partial charge in [0.05, 0.1) is 24.9 Å². The Labute approximate surface area is 170 Å². The standard InChI is InChI=1S/C18H26BNO8S/c1-3-13(18(22)27-7-4-8-29(24,25)26)9-12(2)17(21)20-15-6-5-14-11-28-19(23)16(14)10-15/h5-6,10,12-13,23H,3-4,7-9,11H2,1-2H3,(H,20,21)(H,24,25,26). The molecule has 0 spiro atoms. The number of anilines is 1. The molecule has 3 N–H and O–H groups in total. The second kappa shape index (κ2) is 10.2. The van der Waals surface area contributed by atoms with Crippen molar-refractivity contribution in [2.45, 2.75) is 39.7 Å². The molecule has 2 atom stereocenters. The molecular formula is C18H26BNO8S. The van der Waals surface area contributed by atoms with Gasteiger partial charge in [-0.2, -0.15) is 8.42 Å². The first-order valence-electron chi connectivity index (χ1n) is 9.46. The van der Waals surface area contributed by atoms with Crippen LogP contribution in [0, 0.1) is 11.8 Å². The summed E-state index contributed by atoms with van der Waals surface area (Å²) in [5, 5.41) is 12.5. The molecule has 0 saturated heterocycles. The van der Waals surface area contributed by atoms with Crippen LogP contribution in [0.4, 0.5) is 5.69 Å². The quantitative estimate of drug-likeness (QED) is 0.215. The Morgan fingerprint density at radius 3 is 2.76 bits per heavy atom. The highest BCUT2D eigenvalue weighted by molar-refractivity contribution is 7.85. The molecule has 2 rings (SSSR count). The third kappa shape index (κ3) is 7.11. The number of fused-ring (bicyclic) bond motifs is 1. The molecular weight excluding hydrogens is 401 g/mol. The molecule has 1 aromatic rings. The SMILES string of the molecule is CCC(CC(C)C(=O)Nc1ccc2c(c1)B(O)OC2)C(=O)OCCCS(=O)(=O)O. The number of carbonyl (C=O) groups is 2. The van der Waals surface area contributed by atoms with Crippen LogP contribution in [-0.4, -0.2) is 49.3 Å². The zero-order valence-corrected chi connectivity index (χ0v) is 17.3. The van der Waals surface area contributed by atoms with Crippen molar-refractivity contribution in [1.29, 1.82) is 0 Å². The Morgan fingerprint density at radius 1 is 1.38 bits per heavy atom. The molecule has 9 nitrogen and oxygen atoms in total. The predicted molar refractivity (Wildman–Crippen MR) is 107 cm³/mol. The lowest BCUT2D eigenvalue weighted by molar-refractivity contribution is -0.149. The number of ether oxygens (including phenoxy) is 1. The van der Waals surface area contributed by atoms with Crippen molar-refractivity contribution in [3.63, 3.8) is 0 Å². The van der Waals surface area contributed by atoms with Crippen molar-refractivity contribution in [1.82, 2.24) is 0 Å². The highest BCUT2D eigenvalue weighted by Crippen LogP contribution is 2.20. The third-order valence-corrected chi connectivity index (χ3v) is 5.58. The molecule has 1 aliphatic rings. The molecule has 29 heavy (non-hydrogen) atoms. The van der Waals surface area contributed by atoms with Crippen molar-refractivity contribution >= 4 is 40.3 Å². The minimum atomic E-state index is -4.08. The topological polar surface area (TPSA) is 139 Å². The van der Waals surface area contributed by atoms with E-state index in [2.05, 4.69) is 5.32 Å². The van der Waals surface area contributed by atoms with Gasteiger partial charge in [0, 0.05) is 11.6 Å². The number of nitrogens with one attached hydrogen (secondary N) is 1. The van der Waals surface area contributed by atoms with E-state index in [-0.39, 0.29) is 25.4 Å². The van der Waals surface area contributed by atoms with Crippen LogP contribution in [0.1, 0.15) is 38.7 Å². The monoisotopic (exact) mass is 427 g/mol. The van der Waals surface area contributed by atoms with Crippen LogP contribution in [-0.2, 0) is 35.7 Å². The van der Waals surface area contributed by atoms with Gasteiger partial charge >= 0.3 is 13.1 Å². The normalized spacial score (nSPS) is 15.5. The Bertz CT molecular complexity index is 844. The van der Waals surface area contributed by atoms with Gasteiger partial charge in [0.15, 0.2) is 0 Å². The number of carbonyl (C=O) groups excluding carboxylic acids is 2. The molecule has 1 amide bonds. The second-order valence-corrected chi connectivity index (χ2v) is 8.69. The molecule has 1 aliphatic heterocycles. The number of benzene rings is 1. The summed E-state index contributed by atoms with van der Waals surface area (Å²) >= 11 is 0. The lowest BCUT2D eigenvalue weighted by Gasteiger charge is -2.18. The van der Waals surface area contributed by atoms with Gasteiger partial charge in [-0.3, -0.25) is 14.1 Å². The van der Waals surface area contributed by atoms with Crippen LogP contribution in [0.15, 0.2) is 18.2 Å². The van der Waals surface area contributed by atoms with Gasteiger partial charge in [-0.05, 0) is 42.4 Å². The Kier molecular flexibility index (Phi) is 8.20. The van der Waals surface area contributed by atoms with Crippen LogP contribution < -0.4 is 10.8 Å². The summed E-state index contributed by atoms with van der Waals surface area (Å²) in [6.07, 6.45) is 0.748. The molecule has 0 bridgehead atoms. The van der Waals surface area contributed by atoms with Crippen LogP contribution in [0.25, 0.3) is 0 Å². The van der Waals surface area contributed by atoms with Gasteiger partial charge in [0.2, 0.25) is 5.91 Å². The average Bonchev–Trinajstić information content (AvgIpc) is 3.02. The summed E-state index contributed by atoms with van der Waals surface area (Å²) in [6, 6.07) is 5.18. The van der Waals surface area contributed by atoms with E-state index in [4.69, 9.17) is 13.9 Å².